The van der Waals surface area contributed by atoms with Crippen molar-refractivity contribution in [3.63, 3.8) is 0 Å². The van der Waals surface area contributed by atoms with Crippen LogP contribution in [0.4, 0.5) is 5.82 Å². The van der Waals surface area contributed by atoms with E-state index in [0.717, 1.165) is 67.8 Å². The van der Waals surface area contributed by atoms with Gasteiger partial charge < -0.3 is 15.0 Å². The Morgan fingerprint density at radius 3 is 2.63 bits per heavy atom. The van der Waals surface area contributed by atoms with Gasteiger partial charge in [-0.3, -0.25) is 9.69 Å². The molecular weight excluding hydrogens is 494 g/mol. The number of carbonyl (C=O) groups excluding carboxylic acids is 1. The van der Waals surface area contributed by atoms with E-state index >= 15 is 0 Å². The van der Waals surface area contributed by atoms with E-state index in [2.05, 4.69) is 51.5 Å². The summed E-state index contributed by atoms with van der Waals surface area (Å²) < 4.78 is 5.39. The molecule has 2 heterocycles. The van der Waals surface area contributed by atoms with Crippen LogP contribution in [0, 0.1) is 0 Å². The van der Waals surface area contributed by atoms with E-state index in [9.17, 15) is 4.79 Å². The molecule has 0 spiro atoms. The van der Waals surface area contributed by atoms with E-state index in [-0.39, 0.29) is 5.91 Å². The molecule has 1 amide bonds. The summed E-state index contributed by atoms with van der Waals surface area (Å²) in [7, 11) is 1.69. The number of carbonyl (C=O) groups is 1. The van der Waals surface area contributed by atoms with Crippen molar-refractivity contribution in [3.8, 4) is 0 Å². The normalized spacial score (nSPS) is 16.2. The average molecular weight is 530 g/mol. The Balaban J connectivity index is 1.18. The van der Waals surface area contributed by atoms with Gasteiger partial charge >= 0.3 is 0 Å². The highest BCUT2D eigenvalue weighted by atomic mass is 32.2. The van der Waals surface area contributed by atoms with Crippen LogP contribution in [-0.2, 0) is 17.1 Å². The summed E-state index contributed by atoms with van der Waals surface area (Å²) in [4.78, 5) is 26.9. The standard InChI is InChI=1S/C30H35N5O2S/c1-37-21-27-20-28(35-17-15-34(16-18-35)14-6-10-23-7-3-2-4-8-23)33-30(32-27)38-22-24-9-5-11-25(19-24)29(36)31-26-12-13-26/h2-11,19-20,26H,12-18,21-22H2,1H3,(H,31,36)/b10-6+. The number of methoxy groups -OCH3 is 1. The Morgan fingerprint density at radius 1 is 1.05 bits per heavy atom. The second-order valence-corrected chi connectivity index (χ2v) is 10.7. The van der Waals surface area contributed by atoms with Crippen LogP contribution in [0.1, 0.15) is 40.0 Å². The van der Waals surface area contributed by atoms with Crippen LogP contribution in [0.3, 0.4) is 0 Å². The summed E-state index contributed by atoms with van der Waals surface area (Å²) in [5.41, 5.74) is 3.90. The Morgan fingerprint density at radius 2 is 1.87 bits per heavy atom. The summed E-state index contributed by atoms with van der Waals surface area (Å²) >= 11 is 1.59. The third-order valence-electron chi connectivity index (χ3n) is 6.68. The predicted molar refractivity (Wildman–Crippen MR) is 153 cm³/mol. The zero-order valence-electron chi connectivity index (χ0n) is 21.9. The first kappa shape index (κ1) is 26.4. The molecule has 1 aliphatic carbocycles. The topological polar surface area (TPSA) is 70.6 Å². The first-order valence-corrected chi connectivity index (χ1v) is 14.2. The van der Waals surface area contributed by atoms with Crippen LogP contribution in [0.5, 0.6) is 0 Å². The highest BCUT2D eigenvalue weighted by Crippen LogP contribution is 2.25. The van der Waals surface area contributed by atoms with Gasteiger partial charge in [0.2, 0.25) is 0 Å². The molecule has 38 heavy (non-hydrogen) atoms. The van der Waals surface area contributed by atoms with Crippen molar-refractivity contribution in [2.45, 2.75) is 36.4 Å². The molecule has 0 unspecified atom stereocenters. The van der Waals surface area contributed by atoms with Crippen molar-refractivity contribution in [2.75, 3.05) is 44.7 Å². The summed E-state index contributed by atoms with van der Waals surface area (Å²) in [6.45, 7) is 5.21. The minimum absolute atomic E-state index is 0.00896. The van der Waals surface area contributed by atoms with E-state index in [4.69, 9.17) is 14.7 Å². The fraction of sp³-hybridized carbons (Fsp3) is 0.367. The largest absolute Gasteiger partial charge is 0.378 e. The fourth-order valence-corrected chi connectivity index (χ4v) is 5.23. The Kier molecular flexibility index (Phi) is 9.06. The average Bonchev–Trinajstić information content (AvgIpc) is 3.77. The molecule has 1 aromatic heterocycles. The maximum atomic E-state index is 12.4. The van der Waals surface area contributed by atoms with E-state index in [1.165, 1.54) is 5.56 Å². The number of nitrogens with zero attached hydrogens (tertiary/aromatic N) is 4. The molecular formula is C30H35N5O2S. The molecule has 1 aliphatic heterocycles. The molecule has 2 fully saturated rings. The number of amides is 1. The Hall–Kier alpha value is -3.20. The van der Waals surface area contributed by atoms with E-state index in [1.54, 1.807) is 18.9 Å². The lowest BCUT2D eigenvalue weighted by molar-refractivity contribution is 0.0951. The van der Waals surface area contributed by atoms with Crippen LogP contribution in [0.2, 0.25) is 0 Å². The molecule has 1 saturated carbocycles. The molecule has 0 radical (unpaired) electrons. The fourth-order valence-electron chi connectivity index (χ4n) is 4.42. The molecule has 1 N–H and O–H groups in total. The van der Waals surface area contributed by atoms with Crippen LogP contribution in [-0.4, -0.2) is 66.7 Å². The number of rotatable bonds is 11. The summed E-state index contributed by atoms with van der Waals surface area (Å²) in [5.74, 6) is 1.66. The number of hydrogen-bond acceptors (Lipinski definition) is 7. The maximum Gasteiger partial charge on any atom is 0.251 e. The molecule has 5 rings (SSSR count). The quantitative estimate of drug-likeness (QED) is 0.287. The van der Waals surface area contributed by atoms with Crippen molar-refractivity contribution in [2.24, 2.45) is 0 Å². The van der Waals surface area contributed by atoms with Crippen LogP contribution in [0.15, 0.2) is 71.9 Å². The Bertz CT molecular complexity index is 1240. The minimum atomic E-state index is 0.00896. The van der Waals surface area contributed by atoms with Gasteiger partial charge in [-0.1, -0.05) is 66.4 Å². The van der Waals surface area contributed by atoms with Crippen LogP contribution < -0.4 is 10.2 Å². The van der Waals surface area contributed by atoms with Crippen LogP contribution >= 0.6 is 11.8 Å². The number of benzene rings is 2. The third kappa shape index (κ3) is 7.66. The number of nitrogens with one attached hydrogen (secondary N) is 1. The molecule has 8 heteroatoms. The number of ether oxygens (including phenoxy) is 1. The molecule has 1 saturated heterocycles. The smallest absolute Gasteiger partial charge is 0.251 e. The zero-order valence-corrected chi connectivity index (χ0v) is 22.7. The summed E-state index contributed by atoms with van der Waals surface area (Å²) in [6, 6.07) is 20.6. The van der Waals surface area contributed by atoms with E-state index in [1.807, 2.05) is 36.4 Å². The number of aromatic nitrogens is 2. The molecule has 7 nitrogen and oxygen atoms in total. The second kappa shape index (κ2) is 13.0. The zero-order chi connectivity index (χ0) is 26.2. The van der Waals surface area contributed by atoms with Gasteiger partial charge in [-0.25, -0.2) is 9.97 Å². The monoisotopic (exact) mass is 529 g/mol. The van der Waals surface area contributed by atoms with Crippen molar-refractivity contribution in [1.29, 1.82) is 0 Å². The predicted octanol–water partition coefficient (Wildman–Crippen LogP) is 4.64. The summed E-state index contributed by atoms with van der Waals surface area (Å²) in [5, 5.41) is 3.79. The first-order valence-electron chi connectivity index (χ1n) is 13.2. The van der Waals surface area contributed by atoms with Crippen molar-refractivity contribution in [3.05, 3.63) is 89.1 Å². The number of piperazine rings is 1. The molecule has 2 aliphatic rings. The van der Waals surface area contributed by atoms with Gasteiger partial charge in [0, 0.05) is 63.3 Å². The highest BCUT2D eigenvalue weighted by Gasteiger charge is 2.24. The maximum absolute atomic E-state index is 12.4. The van der Waals surface area contributed by atoms with E-state index in [0.29, 0.717) is 24.0 Å². The summed E-state index contributed by atoms with van der Waals surface area (Å²) in [6.07, 6.45) is 6.59. The van der Waals surface area contributed by atoms with Gasteiger partial charge in [0.05, 0.1) is 12.3 Å². The van der Waals surface area contributed by atoms with Gasteiger partial charge in [-0.05, 0) is 36.1 Å². The van der Waals surface area contributed by atoms with Crippen molar-refractivity contribution in [1.82, 2.24) is 20.2 Å². The molecule has 2 aromatic carbocycles. The van der Waals surface area contributed by atoms with Crippen LogP contribution in [0.25, 0.3) is 6.08 Å². The molecule has 3 aromatic rings. The number of hydrogen-bond donors (Lipinski definition) is 1. The molecule has 198 valence electrons. The van der Waals surface area contributed by atoms with Gasteiger partial charge in [-0.2, -0.15) is 0 Å². The minimum Gasteiger partial charge on any atom is -0.378 e. The number of thioether (sulfide) groups is 1. The highest BCUT2D eigenvalue weighted by molar-refractivity contribution is 7.98. The van der Waals surface area contributed by atoms with Crippen molar-refractivity contribution >= 4 is 29.6 Å². The lowest BCUT2D eigenvalue weighted by Crippen LogP contribution is -2.46. The Labute approximate surface area is 229 Å². The SMILES string of the molecule is COCc1cc(N2CCN(C/C=C/c3ccccc3)CC2)nc(SCc2cccc(C(=O)NC3CC3)c2)n1. The van der Waals surface area contributed by atoms with Gasteiger partial charge in [0.15, 0.2) is 5.16 Å². The number of anilines is 1. The van der Waals surface area contributed by atoms with Crippen molar-refractivity contribution < 1.29 is 9.53 Å². The lowest BCUT2D eigenvalue weighted by Gasteiger charge is -2.35. The van der Waals surface area contributed by atoms with E-state index < -0.39 is 0 Å². The van der Waals surface area contributed by atoms with Gasteiger partial charge in [0.25, 0.3) is 5.91 Å². The van der Waals surface area contributed by atoms with Gasteiger partial charge in [0.1, 0.15) is 5.82 Å². The third-order valence-corrected chi connectivity index (χ3v) is 7.60. The van der Waals surface area contributed by atoms with Gasteiger partial charge in [-0.15, -0.1) is 0 Å². The molecule has 0 atom stereocenters. The lowest BCUT2D eigenvalue weighted by atomic mass is 10.1. The first-order chi connectivity index (χ1) is 18.7. The molecule has 0 bridgehead atoms. The second-order valence-electron chi connectivity index (χ2n) is 9.77.